The molecule has 6 heteroatoms. The number of nitrogens with zero attached hydrogens (tertiary/aromatic N) is 3. The van der Waals surface area contributed by atoms with Gasteiger partial charge in [0, 0.05) is 19.2 Å². The van der Waals surface area contributed by atoms with Crippen molar-refractivity contribution in [1.82, 2.24) is 10.1 Å². The Kier molecular flexibility index (Phi) is 4.06. The van der Waals surface area contributed by atoms with E-state index in [9.17, 15) is 0 Å². The molecule has 1 atom stereocenters. The van der Waals surface area contributed by atoms with Gasteiger partial charge in [-0.2, -0.15) is 0 Å². The van der Waals surface area contributed by atoms with Crippen LogP contribution < -0.4 is 10.2 Å². The zero-order chi connectivity index (χ0) is 14.7. The topological polar surface area (TPSA) is 63.4 Å². The van der Waals surface area contributed by atoms with Gasteiger partial charge in [0.1, 0.15) is 17.3 Å². The molecule has 2 aromatic rings. The molecule has 2 aromatic heterocycles. The molecule has 0 aliphatic carbocycles. The summed E-state index contributed by atoms with van der Waals surface area (Å²) in [5.41, 5.74) is 2.01. The van der Waals surface area contributed by atoms with E-state index in [4.69, 9.17) is 9.26 Å². The van der Waals surface area contributed by atoms with Crippen molar-refractivity contribution < 1.29 is 9.26 Å². The van der Waals surface area contributed by atoms with Crippen LogP contribution in [0.3, 0.4) is 0 Å². The number of pyridine rings is 1. The van der Waals surface area contributed by atoms with E-state index in [1.807, 2.05) is 32.2 Å². The van der Waals surface area contributed by atoms with Gasteiger partial charge < -0.3 is 19.5 Å². The van der Waals surface area contributed by atoms with E-state index in [2.05, 4.69) is 26.4 Å². The first kappa shape index (κ1) is 13.9. The molecule has 1 saturated heterocycles. The minimum atomic E-state index is 0.0594. The van der Waals surface area contributed by atoms with Gasteiger partial charge >= 0.3 is 0 Å². The Balaban J connectivity index is 1.63. The number of morpholine rings is 1. The fourth-order valence-electron chi connectivity index (χ4n) is 2.37. The Morgan fingerprint density at radius 2 is 2.10 bits per heavy atom. The number of ether oxygens (including phenoxy) is 1. The van der Waals surface area contributed by atoms with Gasteiger partial charge in [-0.1, -0.05) is 5.16 Å². The second-order valence-corrected chi connectivity index (χ2v) is 5.23. The summed E-state index contributed by atoms with van der Waals surface area (Å²) >= 11 is 0. The van der Waals surface area contributed by atoms with Crippen molar-refractivity contribution >= 4 is 11.5 Å². The summed E-state index contributed by atoms with van der Waals surface area (Å²) in [5, 5.41) is 7.34. The largest absolute Gasteiger partial charge is 0.378 e. The highest BCUT2D eigenvalue weighted by atomic mass is 16.5. The molecule has 1 aliphatic rings. The fourth-order valence-corrected chi connectivity index (χ4v) is 2.37. The van der Waals surface area contributed by atoms with Crippen molar-refractivity contribution in [3.05, 3.63) is 35.9 Å². The minimum absolute atomic E-state index is 0.0594. The maximum atomic E-state index is 5.36. The van der Waals surface area contributed by atoms with Crippen LogP contribution in [-0.4, -0.2) is 36.4 Å². The van der Waals surface area contributed by atoms with Crippen LogP contribution >= 0.6 is 0 Å². The van der Waals surface area contributed by atoms with E-state index >= 15 is 0 Å². The average Bonchev–Trinajstić information content (AvgIpc) is 2.96. The van der Waals surface area contributed by atoms with Crippen molar-refractivity contribution in [1.29, 1.82) is 0 Å². The number of aromatic nitrogens is 2. The van der Waals surface area contributed by atoms with Crippen LogP contribution in [0.2, 0.25) is 0 Å². The molecule has 3 heterocycles. The minimum Gasteiger partial charge on any atom is -0.378 e. The van der Waals surface area contributed by atoms with Crippen LogP contribution in [0.1, 0.15) is 24.4 Å². The number of anilines is 2. The average molecular weight is 288 g/mol. The summed E-state index contributed by atoms with van der Waals surface area (Å²) < 4.78 is 10.5. The van der Waals surface area contributed by atoms with Crippen LogP contribution in [-0.2, 0) is 4.74 Å². The van der Waals surface area contributed by atoms with Gasteiger partial charge in [-0.15, -0.1) is 0 Å². The third-order valence-electron chi connectivity index (χ3n) is 3.58. The summed E-state index contributed by atoms with van der Waals surface area (Å²) in [5.74, 6) is 1.65. The van der Waals surface area contributed by atoms with Gasteiger partial charge in [-0.05, 0) is 26.0 Å². The molecule has 0 aromatic carbocycles. The molecule has 6 nitrogen and oxygen atoms in total. The summed E-state index contributed by atoms with van der Waals surface area (Å²) in [4.78, 5) is 6.76. The third-order valence-corrected chi connectivity index (χ3v) is 3.58. The number of hydrogen-bond donors (Lipinski definition) is 1. The predicted molar refractivity (Wildman–Crippen MR) is 80.5 cm³/mol. The highest BCUT2D eigenvalue weighted by Crippen LogP contribution is 2.20. The highest BCUT2D eigenvalue weighted by molar-refractivity contribution is 5.50. The third kappa shape index (κ3) is 3.33. The van der Waals surface area contributed by atoms with Crippen LogP contribution in [0.4, 0.5) is 11.5 Å². The normalized spacial score (nSPS) is 16.8. The molecule has 0 radical (unpaired) electrons. The van der Waals surface area contributed by atoms with Gasteiger partial charge in [0.05, 0.1) is 31.1 Å². The van der Waals surface area contributed by atoms with Gasteiger partial charge in [-0.3, -0.25) is 0 Å². The second kappa shape index (κ2) is 6.13. The Morgan fingerprint density at radius 1 is 1.29 bits per heavy atom. The lowest BCUT2D eigenvalue weighted by atomic mass is 10.2. The van der Waals surface area contributed by atoms with E-state index in [1.54, 1.807) is 0 Å². The molecular formula is C15H20N4O2. The zero-order valence-corrected chi connectivity index (χ0v) is 12.4. The lowest BCUT2D eigenvalue weighted by Gasteiger charge is -2.28. The molecule has 112 valence electrons. The maximum absolute atomic E-state index is 5.36. The summed E-state index contributed by atoms with van der Waals surface area (Å²) in [7, 11) is 0. The molecule has 21 heavy (non-hydrogen) atoms. The monoisotopic (exact) mass is 288 g/mol. The van der Waals surface area contributed by atoms with Crippen LogP contribution in [0, 0.1) is 6.92 Å². The van der Waals surface area contributed by atoms with Crippen molar-refractivity contribution in [2.45, 2.75) is 19.9 Å². The Labute approximate surface area is 124 Å². The Morgan fingerprint density at radius 3 is 2.71 bits per heavy atom. The maximum Gasteiger partial charge on any atom is 0.134 e. The van der Waals surface area contributed by atoms with E-state index in [1.165, 1.54) is 0 Å². The van der Waals surface area contributed by atoms with Crippen LogP contribution in [0.25, 0.3) is 0 Å². The van der Waals surface area contributed by atoms with Gasteiger partial charge in [0.15, 0.2) is 0 Å². The zero-order valence-electron chi connectivity index (χ0n) is 12.4. The first-order chi connectivity index (χ1) is 10.2. The molecule has 1 N–H and O–H groups in total. The van der Waals surface area contributed by atoms with Crippen molar-refractivity contribution in [2.24, 2.45) is 0 Å². The number of hydrogen-bond acceptors (Lipinski definition) is 6. The van der Waals surface area contributed by atoms with Crippen molar-refractivity contribution in [3.8, 4) is 0 Å². The molecular weight excluding hydrogens is 268 g/mol. The molecule has 0 bridgehead atoms. The quantitative estimate of drug-likeness (QED) is 0.932. The van der Waals surface area contributed by atoms with E-state index in [0.717, 1.165) is 49.3 Å². The summed E-state index contributed by atoms with van der Waals surface area (Å²) in [6, 6.07) is 6.07. The first-order valence-electron chi connectivity index (χ1n) is 7.21. The lowest BCUT2D eigenvalue weighted by molar-refractivity contribution is 0.122. The molecule has 1 aliphatic heterocycles. The molecule has 1 fully saturated rings. The van der Waals surface area contributed by atoms with Crippen molar-refractivity contribution in [2.75, 3.05) is 36.5 Å². The smallest absolute Gasteiger partial charge is 0.134 e. The van der Waals surface area contributed by atoms with Crippen molar-refractivity contribution in [3.63, 3.8) is 0 Å². The van der Waals surface area contributed by atoms with Gasteiger partial charge in [-0.25, -0.2) is 4.98 Å². The van der Waals surface area contributed by atoms with Gasteiger partial charge in [0.2, 0.25) is 0 Å². The number of nitrogens with one attached hydrogen (secondary N) is 1. The molecule has 0 amide bonds. The van der Waals surface area contributed by atoms with E-state index in [0.29, 0.717) is 0 Å². The Bertz CT molecular complexity index is 576. The highest BCUT2D eigenvalue weighted by Gasteiger charge is 2.13. The van der Waals surface area contributed by atoms with Crippen LogP contribution in [0.15, 0.2) is 28.9 Å². The summed E-state index contributed by atoms with van der Waals surface area (Å²) in [6.45, 7) is 7.32. The predicted octanol–water partition coefficient (Wildman–Crippen LogP) is 2.39. The van der Waals surface area contributed by atoms with E-state index < -0.39 is 0 Å². The SMILES string of the molecule is Cc1cc(C(C)Nc2ccc(N3CCOCC3)cn2)no1. The lowest BCUT2D eigenvalue weighted by Crippen LogP contribution is -2.36. The Hall–Kier alpha value is -2.08. The summed E-state index contributed by atoms with van der Waals surface area (Å²) in [6.07, 6.45) is 1.90. The molecule has 3 rings (SSSR count). The molecule has 0 spiro atoms. The molecule has 1 unspecified atom stereocenters. The molecule has 0 saturated carbocycles. The van der Waals surface area contributed by atoms with E-state index in [-0.39, 0.29) is 6.04 Å². The number of aryl methyl sites for hydroxylation is 1. The first-order valence-corrected chi connectivity index (χ1v) is 7.21. The van der Waals surface area contributed by atoms with Crippen LogP contribution in [0.5, 0.6) is 0 Å². The standard InChI is InChI=1S/C15H20N4O2/c1-11-9-14(18-21-11)12(2)17-15-4-3-13(10-16-15)19-5-7-20-8-6-19/h3-4,9-10,12H,5-8H2,1-2H3,(H,16,17). The number of rotatable bonds is 4. The fraction of sp³-hybridized carbons (Fsp3) is 0.467. The van der Waals surface area contributed by atoms with Gasteiger partial charge in [0.25, 0.3) is 0 Å². The second-order valence-electron chi connectivity index (χ2n) is 5.23.